The van der Waals surface area contributed by atoms with Gasteiger partial charge in [-0.25, -0.2) is 9.59 Å². The number of carbonyl (C=O) groups is 2. The first kappa shape index (κ1) is 16.8. The fourth-order valence-electron chi connectivity index (χ4n) is 1.67. The first-order valence-electron chi connectivity index (χ1n) is 6.87. The summed E-state index contributed by atoms with van der Waals surface area (Å²) >= 11 is 0. The fourth-order valence-corrected chi connectivity index (χ4v) is 1.67. The zero-order valence-electron chi connectivity index (χ0n) is 12.6. The molecule has 0 N–H and O–H groups in total. The number of rotatable bonds is 6. The van der Waals surface area contributed by atoms with Crippen LogP contribution in [0.3, 0.4) is 0 Å². The van der Waals surface area contributed by atoms with Crippen LogP contribution in [0.4, 0.5) is 0 Å². The first-order valence-corrected chi connectivity index (χ1v) is 6.87. The van der Waals surface area contributed by atoms with E-state index in [2.05, 4.69) is 11.3 Å². The van der Waals surface area contributed by atoms with Crippen molar-refractivity contribution < 1.29 is 23.8 Å². The molecule has 120 valence electrons. The topological polar surface area (TPSA) is 85.6 Å². The lowest BCUT2D eigenvalue weighted by Crippen LogP contribution is -2.09. The zero-order chi connectivity index (χ0) is 17.4. The molecule has 2 aromatic rings. The summed E-state index contributed by atoms with van der Waals surface area (Å²) in [6.07, 6.45) is 1.03. The average molecular weight is 323 g/mol. The highest BCUT2D eigenvalue weighted by Gasteiger charge is 2.09. The molecule has 0 aromatic heterocycles. The van der Waals surface area contributed by atoms with Crippen molar-refractivity contribution >= 4 is 11.9 Å². The molecule has 6 heteroatoms. The van der Waals surface area contributed by atoms with E-state index in [4.69, 9.17) is 14.7 Å². The maximum absolute atomic E-state index is 12.0. The fraction of sp³-hybridized carbons (Fsp3) is 0.0556. The lowest BCUT2D eigenvalue weighted by atomic mass is 10.2. The van der Waals surface area contributed by atoms with Gasteiger partial charge in [-0.15, -0.1) is 0 Å². The molecule has 0 aliphatic heterocycles. The van der Waals surface area contributed by atoms with E-state index in [-0.39, 0.29) is 6.79 Å². The third kappa shape index (κ3) is 4.71. The standard InChI is InChI=1S/C18H13NO5/c1-2-17(20)23-12-22-15-9-5-14(6-10-15)18(21)24-16-7-3-13(11-19)4-8-16/h2-10H,1,12H2. The van der Waals surface area contributed by atoms with Gasteiger partial charge in [-0.1, -0.05) is 6.58 Å². The van der Waals surface area contributed by atoms with Crippen LogP contribution >= 0.6 is 0 Å². The highest BCUT2D eigenvalue weighted by molar-refractivity contribution is 5.91. The number of nitriles is 1. The summed E-state index contributed by atoms with van der Waals surface area (Å²) in [5, 5.41) is 8.72. The second kappa shape index (κ2) is 8.15. The minimum atomic E-state index is -0.586. The Balaban J connectivity index is 1.91. The second-order valence-electron chi connectivity index (χ2n) is 4.48. The van der Waals surface area contributed by atoms with Crippen molar-refractivity contribution in [2.24, 2.45) is 0 Å². The molecule has 0 fully saturated rings. The highest BCUT2D eigenvalue weighted by atomic mass is 16.7. The molecule has 24 heavy (non-hydrogen) atoms. The van der Waals surface area contributed by atoms with Crippen molar-refractivity contribution in [1.82, 2.24) is 0 Å². The first-order chi connectivity index (χ1) is 11.6. The molecule has 0 saturated heterocycles. The molecule has 6 nitrogen and oxygen atoms in total. The minimum Gasteiger partial charge on any atom is -0.457 e. The summed E-state index contributed by atoms with van der Waals surface area (Å²) in [4.78, 5) is 22.9. The van der Waals surface area contributed by atoms with E-state index in [1.807, 2.05) is 6.07 Å². The smallest absolute Gasteiger partial charge is 0.343 e. The summed E-state index contributed by atoms with van der Waals surface area (Å²) in [7, 11) is 0. The van der Waals surface area contributed by atoms with Gasteiger partial charge >= 0.3 is 11.9 Å². The van der Waals surface area contributed by atoms with Crippen LogP contribution in [0.15, 0.2) is 61.2 Å². The maximum Gasteiger partial charge on any atom is 0.343 e. The van der Waals surface area contributed by atoms with Gasteiger partial charge in [0.05, 0.1) is 17.2 Å². The zero-order valence-corrected chi connectivity index (χ0v) is 12.6. The molecular formula is C18H13NO5. The van der Waals surface area contributed by atoms with Gasteiger partial charge < -0.3 is 14.2 Å². The van der Waals surface area contributed by atoms with Gasteiger partial charge in [0, 0.05) is 6.08 Å². The van der Waals surface area contributed by atoms with Gasteiger partial charge in [0.1, 0.15) is 11.5 Å². The SMILES string of the molecule is C=CC(=O)OCOc1ccc(C(=O)Oc2ccc(C#N)cc2)cc1. The molecule has 0 aliphatic carbocycles. The summed E-state index contributed by atoms with van der Waals surface area (Å²) in [6, 6.07) is 14.3. The van der Waals surface area contributed by atoms with E-state index in [0.29, 0.717) is 22.6 Å². The van der Waals surface area contributed by atoms with E-state index < -0.39 is 11.9 Å². The van der Waals surface area contributed by atoms with Gasteiger partial charge in [0.2, 0.25) is 6.79 Å². The molecule has 0 unspecified atom stereocenters. The summed E-state index contributed by atoms with van der Waals surface area (Å²) in [6.45, 7) is 3.01. The average Bonchev–Trinajstić information content (AvgIpc) is 2.62. The van der Waals surface area contributed by atoms with Crippen LogP contribution in [0, 0.1) is 11.3 Å². The Hall–Kier alpha value is -3.59. The van der Waals surface area contributed by atoms with Crippen molar-refractivity contribution in [2.75, 3.05) is 6.79 Å². The summed E-state index contributed by atoms with van der Waals surface area (Å²) in [5.41, 5.74) is 0.809. The molecule has 0 spiro atoms. The third-order valence-corrected chi connectivity index (χ3v) is 2.88. The number of ether oxygens (including phenoxy) is 3. The Morgan fingerprint density at radius 2 is 1.67 bits per heavy atom. The van der Waals surface area contributed by atoms with Crippen molar-refractivity contribution in [3.05, 3.63) is 72.3 Å². The number of esters is 2. The summed E-state index contributed by atoms with van der Waals surface area (Å²) in [5.74, 6) is -0.348. The predicted molar refractivity (Wildman–Crippen MR) is 84.3 cm³/mol. The Morgan fingerprint density at radius 1 is 1.04 bits per heavy atom. The van der Waals surface area contributed by atoms with Crippen molar-refractivity contribution in [3.63, 3.8) is 0 Å². The van der Waals surface area contributed by atoms with Gasteiger partial charge in [0.25, 0.3) is 0 Å². The normalized spacial score (nSPS) is 9.46. The second-order valence-corrected chi connectivity index (χ2v) is 4.48. The van der Waals surface area contributed by atoms with E-state index in [1.165, 1.54) is 12.1 Å². The highest BCUT2D eigenvalue weighted by Crippen LogP contribution is 2.16. The monoisotopic (exact) mass is 323 g/mol. The van der Waals surface area contributed by atoms with Gasteiger partial charge in [-0.2, -0.15) is 5.26 Å². The molecule has 0 amide bonds. The number of nitrogens with zero attached hydrogens (tertiary/aromatic N) is 1. The van der Waals surface area contributed by atoms with Crippen molar-refractivity contribution in [2.45, 2.75) is 0 Å². The predicted octanol–water partition coefficient (Wildman–Crippen LogP) is 2.84. The molecular weight excluding hydrogens is 310 g/mol. The van der Waals surface area contributed by atoms with Gasteiger partial charge in [-0.3, -0.25) is 0 Å². The van der Waals surface area contributed by atoms with Crippen LogP contribution in [-0.2, 0) is 9.53 Å². The largest absolute Gasteiger partial charge is 0.457 e. The van der Waals surface area contributed by atoms with E-state index in [0.717, 1.165) is 6.08 Å². The molecule has 0 atom stereocenters. The lowest BCUT2D eigenvalue weighted by molar-refractivity contribution is -0.144. The molecule has 0 bridgehead atoms. The van der Waals surface area contributed by atoms with Crippen LogP contribution < -0.4 is 9.47 Å². The molecule has 0 heterocycles. The molecule has 0 radical (unpaired) electrons. The Morgan fingerprint density at radius 3 is 2.25 bits per heavy atom. The minimum absolute atomic E-state index is 0.250. The number of hydrogen-bond donors (Lipinski definition) is 0. The summed E-state index contributed by atoms with van der Waals surface area (Å²) < 4.78 is 15.1. The molecule has 0 saturated carbocycles. The third-order valence-electron chi connectivity index (χ3n) is 2.88. The Kier molecular flexibility index (Phi) is 5.70. The maximum atomic E-state index is 12.0. The van der Waals surface area contributed by atoms with Crippen LogP contribution in [0.1, 0.15) is 15.9 Å². The Bertz CT molecular complexity index is 773. The number of carbonyl (C=O) groups excluding carboxylic acids is 2. The van der Waals surface area contributed by atoms with Crippen molar-refractivity contribution in [1.29, 1.82) is 5.26 Å². The van der Waals surface area contributed by atoms with E-state index >= 15 is 0 Å². The van der Waals surface area contributed by atoms with Crippen LogP contribution in [-0.4, -0.2) is 18.7 Å². The van der Waals surface area contributed by atoms with Crippen LogP contribution in [0.25, 0.3) is 0 Å². The molecule has 0 aliphatic rings. The molecule has 2 aromatic carbocycles. The number of benzene rings is 2. The van der Waals surface area contributed by atoms with Gasteiger partial charge in [0.15, 0.2) is 0 Å². The molecule has 2 rings (SSSR count). The van der Waals surface area contributed by atoms with Crippen molar-refractivity contribution in [3.8, 4) is 17.6 Å². The van der Waals surface area contributed by atoms with Crippen LogP contribution in [0.2, 0.25) is 0 Å². The van der Waals surface area contributed by atoms with E-state index in [9.17, 15) is 9.59 Å². The quantitative estimate of drug-likeness (QED) is 0.352. The van der Waals surface area contributed by atoms with Crippen LogP contribution in [0.5, 0.6) is 11.5 Å². The van der Waals surface area contributed by atoms with E-state index in [1.54, 1.807) is 36.4 Å². The Labute approximate surface area is 138 Å². The lowest BCUT2D eigenvalue weighted by Gasteiger charge is -2.07. The number of hydrogen-bond acceptors (Lipinski definition) is 6. The van der Waals surface area contributed by atoms with Gasteiger partial charge in [-0.05, 0) is 48.5 Å².